The normalized spacial score (nSPS) is 19.0. The van der Waals surface area contributed by atoms with Crippen molar-refractivity contribution in [3.63, 3.8) is 0 Å². The smallest absolute Gasteiger partial charge is 0.126 e. The molecule has 0 bridgehead atoms. The Morgan fingerprint density at radius 3 is 3.00 bits per heavy atom. The standard InChI is InChI=1S/C17H25N5O/c1-4-22-11-14(13(2)20-22)10-21-8-9-23-16(12-21)15-6-5-7-17(18-3)19-15/h5-7,11,16H,4,8-10,12H2,1-3H3,(H,18,19). The van der Waals surface area contributed by atoms with E-state index < -0.39 is 0 Å². The fourth-order valence-electron chi connectivity index (χ4n) is 2.91. The van der Waals surface area contributed by atoms with Crippen LogP contribution in [0.1, 0.15) is 30.0 Å². The molecule has 23 heavy (non-hydrogen) atoms. The summed E-state index contributed by atoms with van der Waals surface area (Å²) in [4.78, 5) is 7.03. The molecule has 2 aromatic rings. The first-order valence-corrected chi connectivity index (χ1v) is 8.21. The molecule has 6 heteroatoms. The Bertz CT molecular complexity index is 654. The zero-order chi connectivity index (χ0) is 16.2. The van der Waals surface area contributed by atoms with Crippen molar-refractivity contribution in [3.8, 4) is 0 Å². The lowest BCUT2D eigenvalue weighted by atomic mass is 10.1. The highest BCUT2D eigenvalue weighted by Gasteiger charge is 2.24. The molecule has 1 fully saturated rings. The molecular weight excluding hydrogens is 290 g/mol. The van der Waals surface area contributed by atoms with Crippen LogP contribution in [0.25, 0.3) is 0 Å². The molecule has 124 valence electrons. The number of pyridine rings is 1. The van der Waals surface area contributed by atoms with Gasteiger partial charge in [0.05, 0.1) is 18.0 Å². The Balaban J connectivity index is 1.69. The average molecular weight is 315 g/mol. The molecule has 1 saturated heterocycles. The van der Waals surface area contributed by atoms with E-state index in [4.69, 9.17) is 4.74 Å². The minimum Gasteiger partial charge on any atom is -0.373 e. The van der Waals surface area contributed by atoms with Crippen LogP contribution in [-0.2, 0) is 17.8 Å². The SMILES string of the molecule is CCn1cc(CN2CCOC(c3cccc(NC)n3)C2)c(C)n1. The molecular formula is C17H25N5O. The van der Waals surface area contributed by atoms with Crippen molar-refractivity contribution in [2.24, 2.45) is 0 Å². The highest BCUT2D eigenvalue weighted by atomic mass is 16.5. The molecule has 0 radical (unpaired) electrons. The van der Waals surface area contributed by atoms with Gasteiger partial charge in [-0.15, -0.1) is 0 Å². The van der Waals surface area contributed by atoms with Crippen LogP contribution in [0.2, 0.25) is 0 Å². The highest BCUT2D eigenvalue weighted by molar-refractivity contribution is 5.34. The van der Waals surface area contributed by atoms with Crippen molar-refractivity contribution in [1.82, 2.24) is 19.7 Å². The van der Waals surface area contributed by atoms with Crippen molar-refractivity contribution < 1.29 is 4.74 Å². The summed E-state index contributed by atoms with van der Waals surface area (Å²) in [6.45, 7) is 8.55. The van der Waals surface area contributed by atoms with Crippen LogP contribution in [0.4, 0.5) is 5.82 Å². The van der Waals surface area contributed by atoms with Crippen molar-refractivity contribution in [2.45, 2.75) is 33.0 Å². The number of aryl methyl sites for hydroxylation is 2. The summed E-state index contributed by atoms with van der Waals surface area (Å²) in [5, 5.41) is 7.62. The molecule has 1 N–H and O–H groups in total. The first-order chi connectivity index (χ1) is 11.2. The van der Waals surface area contributed by atoms with E-state index in [9.17, 15) is 0 Å². The van der Waals surface area contributed by atoms with Gasteiger partial charge in [0, 0.05) is 45.0 Å². The topological polar surface area (TPSA) is 55.2 Å². The van der Waals surface area contributed by atoms with Gasteiger partial charge >= 0.3 is 0 Å². The summed E-state index contributed by atoms with van der Waals surface area (Å²) in [6, 6.07) is 6.02. The molecule has 1 unspecified atom stereocenters. The summed E-state index contributed by atoms with van der Waals surface area (Å²) in [5.41, 5.74) is 3.40. The van der Waals surface area contributed by atoms with Gasteiger partial charge in [0.15, 0.2) is 0 Å². The van der Waals surface area contributed by atoms with Gasteiger partial charge in [0.2, 0.25) is 0 Å². The van der Waals surface area contributed by atoms with E-state index in [1.54, 1.807) is 0 Å². The highest BCUT2D eigenvalue weighted by Crippen LogP contribution is 2.23. The van der Waals surface area contributed by atoms with Crippen LogP contribution in [0, 0.1) is 6.92 Å². The zero-order valence-corrected chi connectivity index (χ0v) is 14.1. The number of morpholine rings is 1. The number of nitrogens with one attached hydrogen (secondary N) is 1. The maximum absolute atomic E-state index is 5.94. The third-order valence-electron chi connectivity index (χ3n) is 4.27. The first kappa shape index (κ1) is 16.0. The van der Waals surface area contributed by atoms with E-state index in [-0.39, 0.29) is 6.10 Å². The van der Waals surface area contributed by atoms with Crippen LogP contribution >= 0.6 is 0 Å². The van der Waals surface area contributed by atoms with E-state index in [1.807, 2.05) is 29.9 Å². The predicted octanol–water partition coefficient (Wildman–Crippen LogP) is 2.22. The lowest BCUT2D eigenvalue weighted by Crippen LogP contribution is -2.38. The van der Waals surface area contributed by atoms with Crippen LogP contribution < -0.4 is 5.32 Å². The maximum atomic E-state index is 5.94. The summed E-state index contributed by atoms with van der Waals surface area (Å²) in [5.74, 6) is 0.878. The summed E-state index contributed by atoms with van der Waals surface area (Å²) >= 11 is 0. The molecule has 0 aromatic carbocycles. The fraction of sp³-hybridized carbons (Fsp3) is 0.529. The van der Waals surface area contributed by atoms with Gasteiger partial charge in [-0.3, -0.25) is 9.58 Å². The van der Waals surface area contributed by atoms with E-state index in [1.165, 1.54) is 5.56 Å². The molecule has 3 rings (SSSR count). The predicted molar refractivity (Wildman–Crippen MR) is 90.4 cm³/mol. The summed E-state index contributed by atoms with van der Waals surface area (Å²) < 4.78 is 7.94. The van der Waals surface area contributed by atoms with Crippen LogP contribution in [0.15, 0.2) is 24.4 Å². The number of rotatable bonds is 5. The molecule has 0 saturated carbocycles. The van der Waals surface area contributed by atoms with Gasteiger partial charge in [-0.25, -0.2) is 4.98 Å². The second-order valence-corrected chi connectivity index (χ2v) is 5.89. The monoisotopic (exact) mass is 315 g/mol. The molecule has 0 aliphatic carbocycles. The molecule has 1 aliphatic rings. The number of hydrogen-bond donors (Lipinski definition) is 1. The quantitative estimate of drug-likeness (QED) is 0.917. The lowest BCUT2D eigenvalue weighted by Gasteiger charge is -2.32. The maximum Gasteiger partial charge on any atom is 0.126 e. The van der Waals surface area contributed by atoms with Gasteiger partial charge in [0.1, 0.15) is 11.9 Å². The van der Waals surface area contributed by atoms with Crippen molar-refractivity contribution >= 4 is 5.82 Å². The number of ether oxygens (including phenoxy) is 1. The molecule has 6 nitrogen and oxygen atoms in total. The van der Waals surface area contributed by atoms with Gasteiger partial charge in [0.25, 0.3) is 0 Å². The molecule has 3 heterocycles. The van der Waals surface area contributed by atoms with E-state index in [2.05, 4.69) is 40.3 Å². The largest absolute Gasteiger partial charge is 0.373 e. The number of nitrogens with zero attached hydrogens (tertiary/aromatic N) is 4. The van der Waals surface area contributed by atoms with E-state index in [0.29, 0.717) is 0 Å². The molecule has 0 spiro atoms. The van der Waals surface area contributed by atoms with Crippen LogP contribution in [0.5, 0.6) is 0 Å². The van der Waals surface area contributed by atoms with Gasteiger partial charge in [-0.1, -0.05) is 6.07 Å². The number of hydrogen-bond acceptors (Lipinski definition) is 5. The third-order valence-corrected chi connectivity index (χ3v) is 4.27. The Morgan fingerprint density at radius 1 is 1.39 bits per heavy atom. The fourth-order valence-corrected chi connectivity index (χ4v) is 2.91. The van der Waals surface area contributed by atoms with Crippen LogP contribution in [0.3, 0.4) is 0 Å². The Hall–Kier alpha value is -1.92. The molecule has 2 aromatic heterocycles. The first-order valence-electron chi connectivity index (χ1n) is 8.21. The minimum atomic E-state index is 0.0265. The Labute approximate surface area is 137 Å². The lowest BCUT2D eigenvalue weighted by molar-refractivity contribution is -0.0349. The average Bonchev–Trinajstić information content (AvgIpc) is 2.95. The second kappa shape index (κ2) is 7.10. The van der Waals surface area contributed by atoms with E-state index in [0.717, 1.165) is 50.0 Å². The molecule has 1 atom stereocenters. The Morgan fingerprint density at radius 2 is 2.26 bits per heavy atom. The molecule has 0 amide bonds. The minimum absolute atomic E-state index is 0.0265. The van der Waals surface area contributed by atoms with Crippen molar-refractivity contribution in [3.05, 3.63) is 41.3 Å². The summed E-state index contributed by atoms with van der Waals surface area (Å²) in [6.07, 6.45) is 2.18. The molecule has 1 aliphatic heterocycles. The third kappa shape index (κ3) is 3.71. The number of anilines is 1. The van der Waals surface area contributed by atoms with E-state index >= 15 is 0 Å². The van der Waals surface area contributed by atoms with Crippen molar-refractivity contribution in [1.29, 1.82) is 0 Å². The van der Waals surface area contributed by atoms with Crippen LogP contribution in [-0.4, -0.2) is 46.4 Å². The van der Waals surface area contributed by atoms with Gasteiger partial charge < -0.3 is 10.1 Å². The Kier molecular flexibility index (Phi) is 4.93. The van der Waals surface area contributed by atoms with Gasteiger partial charge in [-0.05, 0) is 26.0 Å². The van der Waals surface area contributed by atoms with Gasteiger partial charge in [-0.2, -0.15) is 5.10 Å². The zero-order valence-electron chi connectivity index (χ0n) is 14.1. The second-order valence-electron chi connectivity index (χ2n) is 5.89. The van der Waals surface area contributed by atoms with Crippen molar-refractivity contribution in [2.75, 3.05) is 32.1 Å². The summed E-state index contributed by atoms with van der Waals surface area (Å²) in [7, 11) is 1.88. The number of aromatic nitrogens is 3.